The molecule has 0 aliphatic carbocycles. The van der Waals surface area contributed by atoms with Crippen LogP contribution in [0.1, 0.15) is 21.7 Å². The van der Waals surface area contributed by atoms with Gasteiger partial charge >= 0.3 is 6.18 Å². The Kier molecular flexibility index (Phi) is 5.48. The summed E-state index contributed by atoms with van der Waals surface area (Å²) in [6, 6.07) is 13.2. The van der Waals surface area contributed by atoms with Gasteiger partial charge in [0.05, 0.1) is 11.3 Å². The highest BCUT2D eigenvalue weighted by molar-refractivity contribution is 7.15. The van der Waals surface area contributed by atoms with Gasteiger partial charge in [-0.15, -0.1) is 11.3 Å². The van der Waals surface area contributed by atoms with Crippen LogP contribution < -0.4 is 0 Å². The molecule has 1 aliphatic heterocycles. The van der Waals surface area contributed by atoms with E-state index in [-0.39, 0.29) is 0 Å². The molecule has 0 fully saturated rings. The average molecular weight is 453 g/mol. The van der Waals surface area contributed by atoms with Crippen molar-refractivity contribution in [3.8, 4) is 21.8 Å². The van der Waals surface area contributed by atoms with E-state index in [1.807, 2.05) is 24.4 Å². The van der Waals surface area contributed by atoms with Gasteiger partial charge in [-0.1, -0.05) is 12.1 Å². The molecule has 0 saturated carbocycles. The monoisotopic (exact) mass is 452 g/mol. The number of fused-ring (bicyclic) bond motifs is 1. The van der Waals surface area contributed by atoms with Crippen molar-refractivity contribution < 1.29 is 13.2 Å². The molecule has 4 aromatic rings. The van der Waals surface area contributed by atoms with Crippen LogP contribution >= 0.6 is 11.3 Å². The maximum atomic E-state index is 12.8. The summed E-state index contributed by atoms with van der Waals surface area (Å²) in [6.45, 7) is 2.45. The molecule has 162 valence electrons. The number of alkyl halides is 3. The molecule has 4 nitrogen and oxygen atoms in total. The predicted molar refractivity (Wildman–Crippen MR) is 118 cm³/mol. The van der Waals surface area contributed by atoms with Gasteiger partial charge in [0.1, 0.15) is 0 Å². The second kappa shape index (κ2) is 8.44. The van der Waals surface area contributed by atoms with Gasteiger partial charge in [-0.25, -0.2) is 9.97 Å². The molecule has 0 amide bonds. The Morgan fingerprint density at radius 2 is 1.81 bits per heavy atom. The van der Waals surface area contributed by atoms with Crippen molar-refractivity contribution >= 4 is 11.3 Å². The molecule has 0 spiro atoms. The molecule has 3 aromatic heterocycles. The van der Waals surface area contributed by atoms with Crippen LogP contribution in [0, 0.1) is 0 Å². The van der Waals surface area contributed by atoms with Gasteiger partial charge in [-0.05, 0) is 42.0 Å². The van der Waals surface area contributed by atoms with E-state index in [0.29, 0.717) is 5.82 Å². The number of hydrogen-bond donors (Lipinski definition) is 0. The zero-order valence-corrected chi connectivity index (χ0v) is 17.8. The van der Waals surface area contributed by atoms with Crippen LogP contribution in [-0.2, 0) is 25.7 Å². The predicted octanol–water partition coefficient (Wildman–Crippen LogP) is 5.84. The molecule has 1 aromatic carbocycles. The van der Waals surface area contributed by atoms with Gasteiger partial charge in [0.15, 0.2) is 5.82 Å². The van der Waals surface area contributed by atoms with Gasteiger partial charge in [0.25, 0.3) is 0 Å². The fraction of sp³-hybridized carbons (Fsp3) is 0.208. The number of halogens is 3. The Morgan fingerprint density at radius 3 is 2.56 bits per heavy atom. The van der Waals surface area contributed by atoms with Gasteiger partial charge in [-0.2, -0.15) is 13.2 Å². The summed E-state index contributed by atoms with van der Waals surface area (Å²) in [5.74, 6) is 0.699. The molecule has 0 N–H and O–H groups in total. The van der Waals surface area contributed by atoms with E-state index >= 15 is 0 Å². The number of nitrogens with zero attached hydrogens (tertiary/aromatic N) is 4. The Balaban J connectivity index is 1.26. The lowest BCUT2D eigenvalue weighted by Gasteiger charge is -2.27. The number of rotatable bonds is 4. The molecular formula is C24H19F3N4S. The first-order chi connectivity index (χ1) is 15.5. The summed E-state index contributed by atoms with van der Waals surface area (Å²) in [7, 11) is 0. The molecule has 0 unspecified atom stereocenters. The maximum absolute atomic E-state index is 12.8. The molecular weight excluding hydrogens is 433 g/mol. The van der Waals surface area contributed by atoms with E-state index in [0.717, 1.165) is 65.4 Å². The van der Waals surface area contributed by atoms with Crippen LogP contribution in [0.25, 0.3) is 21.8 Å². The third kappa shape index (κ3) is 4.42. The van der Waals surface area contributed by atoms with Crippen molar-refractivity contribution in [2.45, 2.75) is 25.7 Å². The summed E-state index contributed by atoms with van der Waals surface area (Å²) in [5, 5.41) is 0. The first-order valence-electron chi connectivity index (χ1n) is 10.2. The van der Waals surface area contributed by atoms with E-state index in [9.17, 15) is 13.2 Å². The molecule has 4 heterocycles. The van der Waals surface area contributed by atoms with Crippen LogP contribution in [0.15, 0.2) is 67.1 Å². The number of hydrogen-bond acceptors (Lipinski definition) is 5. The Hall–Kier alpha value is -3.10. The van der Waals surface area contributed by atoms with Crippen molar-refractivity contribution in [2.75, 3.05) is 6.54 Å². The number of benzene rings is 1. The van der Waals surface area contributed by atoms with Crippen molar-refractivity contribution in [3.63, 3.8) is 0 Å². The minimum atomic E-state index is -4.31. The van der Waals surface area contributed by atoms with Crippen LogP contribution in [0.3, 0.4) is 0 Å². The normalized spacial score (nSPS) is 14.3. The van der Waals surface area contributed by atoms with E-state index in [1.165, 1.54) is 17.0 Å². The minimum absolute atomic E-state index is 0.626. The number of aromatic nitrogens is 3. The Bertz CT molecular complexity index is 1220. The summed E-state index contributed by atoms with van der Waals surface area (Å²) >= 11 is 1.61. The van der Waals surface area contributed by atoms with Crippen molar-refractivity contribution in [1.29, 1.82) is 0 Å². The van der Waals surface area contributed by atoms with E-state index in [4.69, 9.17) is 4.98 Å². The minimum Gasteiger partial charge on any atom is -0.293 e. The van der Waals surface area contributed by atoms with Gasteiger partial charge in [0.2, 0.25) is 0 Å². The Labute approximate surface area is 187 Å². The molecule has 32 heavy (non-hydrogen) atoms. The van der Waals surface area contributed by atoms with Crippen molar-refractivity contribution in [3.05, 3.63) is 88.8 Å². The number of pyridine rings is 1. The second-order valence-electron chi connectivity index (χ2n) is 7.71. The molecule has 5 rings (SSSR count). The lowest BCUT2D eigenvalue weighted by atomic mass is 10.1. The van der Waals surface area contributed by atoms with E-state index in [1.54, 1.807) is 23.7 Å². The SMILES string of the molecule is FC(F)(F)c1ccc(-c2ccc(CN3CCc4nc(-c5cccnc5)ncc4C3)s2)cc1. The highest BCUT2D eigenvalue weighted by Crippen LogP contribution is 2.34. The van der Waals surface area contributed by atoms with Crippen LogP contribution in [-0.4, -0.2) is 26.4 Å². The van der Waals surface area contributed by atoms with Crippen LogP contribution in [0.2, 0.25) is 0 Å². The summed E-state index contributed by atoms with van der Waals surface area (Å²) in [5.41, 5.74) is 3.29. The van der Waals surface area contributed by atoms with Gasteiger partial charge < -0.3 is 0 Å². The zero-order valence-electron chi connectivity index (χ0n) is 17.0. The fourth-order valence-electron chi connectivity index (χ4n) is 3.81. The second-order valence-corrected chi connectivity index (χ2v) is 8.88. The fourth-order valence-corrected chi connectivity index (χ4v) is 4.86. The highest BCUT2D eigenvalue weighted by atomic mass is 32.1. The van der Waals surface area contributed by atoms with Crippen LogP contribution in [0.5, 0.6) is 0 Å². The third-order valence-electron chi connectivity index (χ3n) is 5.47. The molecule has 8 heteroatoms. The third-order valence-corrected chi connectivity index (χ3v) is 6.59. The number of thiophene rings is 1. The highest BCUT2D eigenvalue weighted by Gasteiger charge is 2.30. The molecule has 0 bridgehead atoms. The summed E-state index contributed by atoms with van der Waals surface area (Å²) in [6.07, 6.45) is 1.93. The topological polar surface area (TPSA) is 41.9 Å². The molecule has 0 atom stereocenters. The first-order valence-corrected chi connectivity index (χ1v) is 11.0. The maximum Gasteiger partial charge on any atom is 0.416 e. The zero-order chi connectivity index (χ0) is 22.1. The standard InChI is InChI=1S/C24H19F3N4S/c25-24(26,27)19-5-3-16(4-6-19)22-8-7-20(32-22)15-31-11-9-21-18(14-31)13-29-23(30-21)17-2-1-10-28-12-17/h1-8,10,12-13H,9,11,14-15H2. The summed E-state index contributed by atoms with van der Waals surface area (Å²) in [4.78, 5) is 17.9. The largest absolute Gasteiger partial charge is 0.416 e. The van der Waals surface area contributed by atoms with Crippen LogP contribution in [0.4, 0.5) is 13.2 Å². The first kappa shape index (κ1) is 20.8. The van der Waals surface area contributed by atoms with Gasteiger partial charge in [-0.3, -0.25) is 9.88 Å². The van der Waals surface area contributed by atoms with E-state index in [2.05, 4.69) is 20.9 Å². The molecule has 0 radical (unpaired) electrons. The summed E-state index contributed by atoms with van der Waals surface area (Å²) < 4.78 is 38.4. The Morgan fingerprint density at radius 1 is 0.969 bits per heavy atom. The molecule has 0 saturated heterocycles. The smallest absolute Gasteiger partial charge is 0.293 e. The lowest BCUT2D eigenvalue weighted by Crippen LogP contribution is -2.30. The quantitative estimate of drug-likeness (QED) is 0.390. The van der Waals surface area contributed by atoms with Crippen molar-refractivity contribution in [1.82, 2.24) is 19.9 Å². The molecule has 1 aliphatic rings. The van der Waals surface area contributed by atoms with E-state index < -0.39 is 11.7 Å². The van der Waals surface area contributed by atoms with Crippen molar-refractivity contribution in [2.24, 2.45) is 0 Å². The van der Waals surface area contributed by atoms with Gasteiger partial charge in [0, 0.05) is 65.5 Å². The lowest BCUT2D eigenvalue weighted by molar-refractivity contribution is -0.137. The average Bonchev–Trinajstić information content (AvgIpc) is 3.27.